The largest absolute Gasteiger partial charge is 0.478 e. The fraction of sp³-hybridized carbons (Fsp3) is 0.400. The van der Waals surface area contributed by atoms with Gasteiger partial charge in [0, 0.05) is 17.5 Å². The molecule has 0 aliphatic heterocycles. The monoisotopic (exact) mass is 256 g/mol. The standard InChI is InChI=1S/C10H12N2O4S/c1-3-6(2)17-9-8(12(15)16)4-7(5-11-9)10(13)14/h4-6H,3H2,1-2H3,(H,13,14). The number of nitrogens with zero attached hydrogens (tertiary/aromatic N) is 2. The Bertz CT molecular complexity index is 450. The smallest absolute Gasteiger partial charge is 0.337 e. The number of aromatic nitrogens is 1. The number of carboxylic acid groups (broad SMARTS) is 1. The molecular formula is C10H12N2O4S. The summed E-state index contributed by atoms with van der Waals surface area (Å²) < 4.78 is 0. The second kappa shape index (κ2) is 5.62. The molecule has 1 heterocycles. The number of hydrogen-bond acceptors (Lipinski definition) is 5. The van der Waals surface area contributed by atoms with E-state index in [1.807, 2.05) is 13.8 Å². The van der Waals surface area contributed by atoms with Crippen molar-refractivity contribution in [1.29, 1.82) is 0 Å². The molecule has 6 nitrogen and oxygen atoms in total. The Labute approximate surface area is 102 Å². The van der Waals surface area contributed by atoms with E-state index in [1.165, 1.54) is 11.8 Å². The lowest BCUT2D eigenvalue weighted by Gasteiger charge is -2.07. The summed E-state index contributed by atoms with van der Waals surface area (Å²) in [6, 6.07) is 1.04. The van der Waals surface area contributed by atoms with Crippen LogP contribution in [0.4, 0.5) is 5.69 Å². The number of carboxylic acids is 1. The maximum atomic E-state index is 10.8. The van der Waals surface area contributed by atoms with E-state index in [0.29, 0.717) is 0 Å². The molecule has 0 aliphatic carbocycles. The Morgan fingerprint density at radius 2 is 2.35 bits per heavy atom. The second-order valence-electron chi connectivity index (χ2n) is 3.45. The minimum absolute atomic E-state index is 0.176. The van der Waals surface area contributed by atoms with E-state index in [4.69, 9.17) is 5.11 Å². The molecule has 0 aromatic carbocycles. The van der Waals surface area contributed by atoms with Crippen LogP contribution in [-0.4, -0.2) is 26.2 Å². The van der Waals surface area contributed by atoms with E-state index >= 15 is 0 Å². The summed E-state index contributed by atoms with van der Waals surface area (Å²) in [6.45, 7) is 3.90. The van der Waals surface area contributed by atoms with E-state index in [-0.39, 0.29) is 21.5 Å². The fourth-order valence-electron chi connectivity index (χ4n) is 1.05. The number of aromatic carboxylic acids is 1. The molecule has 1 rings (SSSR count). The van der Waals surface area contributed by atoms with Gasteiger partial charge in [-0.2, -0.15) is 0 Å². The average Bonchev–Trinajstić information content (AvgIpc) is 2.28. The molecule has 17 heavy (non-hydrogen) atoms. The third-order valence-electron chi connectivity index (χ3n) is 2.16. The SMILES string of the molecule is CCC(C)Sc1ncc(C(=O)O)cc1[N+](=O)[O-]. The molecule has 7 heteroatoms. The zero-order valence-electron chi connectivity index (χ0n) is 9.41. The zero-order chi connectivity index (χ0) is 13.0. The molecule has 1 N–H and O–H groups in total. The summed E-state index contributed by atoms with van der Waals surface area (Å²) in [5.41, 5.74) is -0.430. The number of rotatable bonds is 5. The van der Waals surface area contributed by atoms with Crippen LogP contribution < -0.4 is 0 Å². The van der Waals surface area contributed by atoms with Gasteiger partial charge in [-0.1, -0.05) is 25.6 Å². The Hall–Kier alpha value is -1.63. The van der Waals surface area contributed by atoms with E-state index in [0.717, 1.165) is 18.7 Å². The molecule has 0 aliphatic rings. The first-order valence-electron chi connectivity index (χ1n) is 5.00. The van der Waals surface area contributed by atoms with Gasteiger partial charge in [-0.05, 0) is 6.42 Å². The van der Waals surface area contributed by atoms with Crippen LogP contribution in [0.2, 0.25) is 0 Å². The summed E-state index contributed by atoms with van der Waals surface area (Å²) in [6.07, 6.45) is 1.99. The molecule has 1 aromatic rings. The second-order valence-corrected chi connectivity index (χ2v) is 4.87. The number of carbonyl (C=O) groups is 1. The first-order valence-corrected chi connectivity index (χ1v) is 5.88. The molecule has 1 atom stereocenters. The lowest BCUT2D eigenvalue weighted by molar-refractivity contribution is -0.388. The predicted octanol–water partition coefficient (Wildman–Crippen LogP) is 2.58. The molecule has 0 amide bonds. The number of thioether (sulfide) groups is 1. The Kier molecular flexibility index (Phi) is 4.45. The first-order chi connectivity index (χ1) is 7.95. The lowest BCUT2D eigenvalue weighted by Crippen LogP contribution is -2.03. The Morgan fingerprint density at radius 3 is 2.82 bits per heavy atom. The number of hydrogen-bond donors (Lipinski definition) is 1. The summed E-state index contributed by atoms with van der Waals surface area (Å²) >= 11 is 1.27. The highest BCUT2D eigenvalue weighted by molar-refractivity contribution is 8.00. The molecule has 0 bridgehead atoms. The molecule has 0 saturated carbocycles. The predicted molar refractivity (Wildman–Crippen MR) is 63.5 cm³/mol. The average molecular weight is 256 g/mol. The van der Waals surface area contributed by atoms with Crippen LogP contribution >= 0.6 is 11.8 Å². The normalized spacial score (nSPS) is 12.1. The quantitative estimate of drug-likeness (QED) is 0.494. The highest BCUT2D eigenvalue weighted by atomic mass is 32.2. The minimum Gasteiger partial charge on any atom is -0.478 e. The van der Waals surface area contributed by atoms with Crippen molar-refractivity contribution >= 4 is 23.4 Å². The van der Waals surface area contributed by atoms with Crippen molar-refractivity contribution in [1.82, 2.24) is 4.98 Å². The maximum Gasteiger partial charge on any atom is 0.337 e. The molecule has 0 saturated heterocycles. The molecule has 92 valence electrons. The van der Waals surface area contributed by atoms with Crippen molar-refractivity contribution in [3.63, 3.8) is 0 Å². The van der Waals surface area contributed by atoms with Gasteiger partial charge in [0.05, 0.1) is 10.5 Å². The molecule has 0 fully saturated rings. The van der Waals surface area contributed by atoms with Gasteiger partial charge in [0.25, 0.3) is 0 Å². The zero-order valence-corrected chi connectivity index (χ0v) is 10.2. The van der Waals surface area contributed by atoms with Gasteiger partial charge >= 0.3 is 11.7 Å². The lowest BCUT2D eigenvalue weighted by atomic mass is 10.3. The van der Waals surface area contributed by atoms with Gasteiger partial charge in [0.1, 0.15) is 0 Å². The fourth-order valence-corrected chi connectivity index (χ4v) is 1.97. The van der Waals surface area contributed by atoms with Crippen LogP contribution in [0, 0.1) is 10.1 Å². The third kappa shape index (κ3) is 3.42. The summed E-state index contributed by atoms with van der Waals surface area (Å²) in [5, 5.41) is 20.0. The highest BCUT2D eigenvalue weighted by Crippen LogP contribution is 2.31. The van der Waals surface area contributed by atoms with Crippen molar-refractivity contribution in [2.45, 2.75) is 30.5 Å². The van der Waals surface area contributed by atoms with Crippen LogP contribution in [0.3, 0.4) is 0 Å². The Morgan fingerprint density at radius 1 is 1.71 bits per heavy atom. The third-order valence-corrected chi connectivity index (χ3v) is 3.44. The van der Waals surface area contributed by atoms with Crippen molar-refractivity contribution in [3.05, 3.63) is 27.9 Å². The summed E-state index contributed by atoms with van der Waals surface area (Å²) in [5.74, 6) is -1.22. The number of pyridine rings is 1. The van der Waals surface area contributed by atoms with Crippen LogP contribution in [0.15, 0.2) is 17.3 Å². The van der Waals surface area contributed by atoms with E-state index in [9.17, 15) is 14.9 Å². The van der Waals surface area contributed by atoms with Crippen LogP contribution in [0.1, 0.15) is 30.6 Å². The van der Waals surface area contributed by atoms with Gasteiger partial charge in [-0.3, -0.25) is 10.1 Å². The van der Waals surface area contributed by atoms with Crippen molar-refractivity contribution in [2.24, 2.45) is 0 Å². The molecule has 1 unspecified atom stereocenters. The molecule has 0 spiro atoms. The first kappa shape index (κ1) is 13.4. The number of nitro groups is 1. The molecular weight excluding hydrogens is 244 g/mol. The van der Waals surface area contributed by atoms with Gasteiger partial charge in [0.15, 0.2) is 5.03 Å². The van der Waals surface area contributed by atoms with Gasteiger partial charge in [0.2, 0.25) is 0 Å². The van der Waals surface area contributed by atoms with Crippen LogP contribution in [-0.2, 0) is 0 Å². The maximum absolute atomic E-state index is 10.8. The van der Waals surface area contributed by atoms with Crippen molar-refractivity contribution < 1.29 is 14.8 Å². The Balaban J connectivity index is 3.13. The van der Waals surface area contributed by atoms with Crippen LogP contribution in [0.25, 0.3) is 0 Å². The van der Waals surface area contributed by atoms with E-state index in [2.05, 4.69) is 4.98 Å². The van der Waals surface area contributed by atoms with E-state index < -0.39 is 10.9 Å². The minimum atomic E-state index is -1.22. The van der Waals surface area contributed by atoms with Gasteiger partial charge < -0.3 is 5.11 Å². The summed E-state index contributed by atoms with van der Waals surface area (Å²) in [7, 11) is 0. The highest BCUT2D eigenvalue weighted by Gasteiger charge is 2.20. The van der Waals surface area contributed by atoms with Crippen molar-refractivity contribution in [2.75, 3.05) is 0 Å². The molecule has 0 radical (unpaired) electrons. The topological polar surface area (TPSA) is 93.3 Å². The van der Waals surface area contributed by atoms with Gasteiger partial charge in [-0.15, -0.1) is 0 Å². The summed E-state index contributed by atoms with van der Waals surface area (Å²) in [4.78, 5) is 24.8. The van der Waals surface area contributed by atoms with Crippen molar-refractivity contribution in [3.8, 4) is 0 Å². The van der Waals surface area contributed by atoms with Crippen LogP contribution in [0.5, 0.6) is 0 Å². The molecule has 1 aromatic heterocycles. The van der Waals surface area contributed by atoms with Gasteiger partial charge in [-0.25, -0.2) is 9.78 Å². The van der Waals surface area contributed by atoms with E-state index in [1.54, 1.807) is 0 Å².